The van der Waals surface area contributed by atoms with Crippen LogP contribution in [-0.2, 0) is 9.53 Å². The minimum atomic E-state index is -0.785. The van der Waals surface area contributed by atoms with Gasteiger partial charge >= 0.3 is 5.97 Å². The van der Waals surface area contributed by atoms with E-state index < -0.39 is 5.97 Å². The van der Waals surface area contributed by atoms with Gasteiger partial charge in [0, 0.05) is 6.42 Å². The van der Waals surface area contributed by atoms with Crippen molar-refractivity contribution >= 4 is 21.9 Å². The van der Waals surface area contributed by atoms with Crippen LogP contribution in [0.25, 0.3) is 0 Å². The lowest BCUT2D eigenvalue weighted by molar-refractivity contribution is -0.136. The van der Waals surface area contributed by atoms with Crippen molar-refractivity contribution in [1.29, 1.82) is 0 Å². The van der Waals surface area contributed by atoms with Gasteiger partial charge in [0.05, 0.1) is 18.0 Å². The zero-order valence-electron chi connectivity index (χ0n) is 7.34. The second kappa shape index (κ2) is 4.46. The van der Waals surface area contributed by atoms with Gasteiger partial charge in [-0.25, -0.2) is 0 Å². The molecular weight excluding hydrogens is 236 g/mol. The highest BCUT2D eigenvalue weighted by molar-refractivity contribution is 9.11. The second-order valence-corrected chi connectivity index (χ2v) is 3.70. The molecule has 1 aliphatic carbocycles. The van der Waals surface area contributed by atoms with Gasteiger partial charge in [-0.15, -0.1) is 0 Å². The van der Waals surface area contributed by atoms with Crippen molar-refractivity contribution in [1.82, 2.24) is 0 Å². The fourth-order valence-corrected chi connectivity index (χ4v) is 1.94. The molecule has 0 aromatic rings. The molecule has 1 aliphatic rings. The Kier molecular flexibility index (Phi) is 3.54. The van der Waals surface area contributed by atoms with Crippen molar-refractivity contribution in [3.8, 4) is 0 Å². The largest absolute Gasteiger partial charge is 0.500 e. The van der Waals surface area contributed by atoms with Crippen LogP contribution in [0.15, 0.2) is 21.9 Å². The maximum absolute atomic E-state index is 10.4. The number of aliphatic carboxylic acids is 1. The molecule has 0 aromatic carbocycles. The summed E-state index contributed by atoms with van der Waals surface area (Å²) in [4.78, 5) is 10.4. The van der Waals surface area contributed by atoms with Gasteiger partial charge in [0.25, 0.3) is 0 Å². The van der Waals surface area contributed by atoms with Crippen LogP contribution in [0.5, 0.6) is 0 Å². The van der Waals surface area contributed by atoms with E-state index in [0.29, 0.717) is 0 Å². The third kappa shape index (κ3) is 2.88. The van der Waals surface area contributed by atoms with Crippen LogP contribution in [-0.4, -0.2) is 18.2 Å². The first-order valence-electron chi connectivity index (χ1n) is 3.97. The van der Waals surface area contributed by atoms with E-state index in [0.717, 1.165) is 28.7 Å². The third-order valence-corrected chi connectivity index (χ3v) is 2.57. The maximum Gasteiger partial charge on any atom is 0.307 e. The number of carbonyl (C=O) groups is 1. The molecule has 0 unspecified atom stereocenters. The molecule has 0 amide bonds. The molecule has 0 bridgehead atoms. The van der Waals surface area contributed by atoms with Crippen LogP contribution >= 0.6 is 15.9 Å². The van der Waals surface area contributed by atoms with E-state index in [1.165, 1.54) is 0 Å². The molecule has 0 fully saturated rings. The van der Waals surface area contributed by atoms with Gasteiger partial charge in [-0.1, -0.05) is 5.57 Å². The van der Waals surface area contributed by atoms with Crippen LogP contribution in [0.1, 0.15) is 19.3 Å². The van der Waals surface area contributed by atoms with Crippen LogP contribution in [0, 0.1) is 0 Å². The molecule has 3 nitrogen and oxygen atoms in total. The quantitative estimate of drug-likeness (QED) is 0.833. The highest BCUT2D eigenvalue weighted by atomic mass is 79.9. The number of halogens is 1. The minimum absolute atomic E-state index is 0.117. The van der Waals surface area contributed by atoms with Crippen LogP contribution in [0.2, 0.25) is 0 Å². The molecule has 1 N–H and O–H groups in total. The lowest BCUT2D eigenvalue weighted by Gasteiger charge is -2.14. The van der Waals surface area contributed by atoms with Crippen molar-refractivity contribution in [3.05, 3.63) is 21.9 Å². The van der Waals surface area contributed by atoms with Crippen molar-refractivity contribution in [2.75, 3.05) is 7.11 Å². The minimum Gasteiger partial charge on any atom is -0.500 e. The van der Waals surface area contributed by atoms with E-state index in [1.807, 2.05) is 6.08 Å². The van der Waals surface area contributed by atoms with Gasteiger partial charge in [0.15, 0.2) is 0 Å². The Morgan fingerprint density at radius 3 is 2.85 bits per heavy atom. The summed E-state index contributed by atoms with van der Waals surface area (Å²) in [5.74, 6) is 0.0987. The van der Waals surface area contributed by atoms with Crippen molar-refractivity contribution in [3.63, 3.8) is 0 Å². The topological polar surface area (TPSA) is 46.5 Å². The summed E-state index contributed by atoms with van der Waals surface area (Å²) in [5, 5.41) is 8.57. The first-order chi connectivity index (χ1) is 6.13. The first-order valence-corrected chi connectivity index (χ1v) is 4.76. The Balaban J connectivity index is 2.72. The molecular formula is C9H11BrO3. The predicted octanol–water partition coefficient (Wildman–Crippen LogP) is 2.43. The smallest absolute Gasteiger partial charge is 0.307 e. The number of carboxylic acid groups (broad SMARTS) is 1. The number of hydrogen-bond donors (Lipinski definition) is 1. The average molecular weight is 247 g/mol. The first kappa shape index (κ1) is 10.3. The molecule has 0 saturated heterocycles. The van der Waals surface area contributed by atoms with E-state index in [9.17, 15) is 4.79 Å². The summed E-state index contributed by atoms with van der Waals surface area (Å²) in [6.07, 6.45) is 3.49. The number of allylic oxidation sites excluding steroid dienone is 3. The van der Waals surface area contributed by atoms with Crippen molar-refractivity contribution in [2.45, 2.75) is 19.3 Å². The molecule has 0 radical (unpaired) electrons. The van der Waals surface area contributed by atoms with E-state index in [-0.39, 0.29) is 6.42 Å². The van der Waals surface area contributed by atoms with Crippen LogP contribution < -0.4 is 0 Å². The number of hydrogen-bond acceptors (Lipinski definition) is 2. The number of ether oxygens (including phenoxy) is 1. The molecule has 1 rings (SSSR count). The van der Waals surface area contributed by atoms with Crippen molar-refractivity contribution < 1.29 is 14.6 Å². The molecule has 0 heterocycles. The van der Waals surface area contributed by atoms with Crippen LogP contribution in [0.3, 0.4) is 0 Å². The summed E-state index contributed by atoms with van der Waals surface area (Å²) in [7, 11) is 1.62. The van der Waals surface area contributed by atoms with Gasteiger partial charge in [-0.2, -0.15) is 0 Å². The summed E-state index contributed by atoms with van der Waals surface area (Å²) in [5.41, 5.74) is 0.931. The normalized spacial score (nSPS) is 16.9. The predicted molar refractivity (Wildman–Crippen MR) is 52.5 cm³/mol. The maximum atomic E-state index is 10.4. The Morgan fingerprint density at radius 1 is 1.69 bits per heavy atom. The Bertz CT molecular complexity index is 279. The summed E-state index contributed by atoms with van der Waals surface area (Å²) < 4.78 is 5.96. The molecule has 0 spiro atoms. The number of methoxy groups -OCH3 is 1. The van der Waals surface area contributed by atoms with E-state index in [4.69, 9.17) is 9.84 Å². The molecule has 13 heavy (non-hydrogen) atoms. The molecule has 0 saturated carbocycles. The Labute approximate surface area is 85.2 Å². The van der Waals surface area contributed by atoms with Gasteiger partial charge in [0.2, 0.25) is 0 Å². The third-order valence-electron chi connectivity index (χ3n) is 1.90. The van der Waals surface area contributed by atoms with Gasteiger partial charge in [-0.3, -0.25) is 4.79 Å². The lowest BCUT2D eigenvalue weighted by atomic mass is 10.0. The molecule has 0 aliphatic heterocycles. The zero-order chi connectivity index (χ0) is 9.84. The van der Waals surface area contributed by atoms with Crippen molar-refractivity contribution in [2.24, 2.45) is 0 Å². The Morgan fingerprint density at radius 2 is 2.38 bits per heavy atom. The molecule has 4 heteroatoms. The van der Waals surface area contributed by atoms with Gasteiger partial charge in [-0.05, 0) is 28.4 Å². The van der Waals surface area contributed by atoms with E-state index >= 15 is 0 Å². The van der Waals surface area contributed by atoms with Gasteiger partial charge < -0.3 is 9.84 Å². The molecule has 0 aromatic heterocycles. The molecule has 72 valence electrons. The number of rotatable bonds is 3. The summed E-state index contributed by atoms with van der Waals surface area (Å²) in [6, 6.07) is 0. The molecule has 0 atom stereocenters. The highest BCUT2D eigenvalue weighted by Gasteiger charge is 2.13. The van der Waals surface area contributed by atoms with Gasteiger partial charge in [0.1, 0.15) is 5.76 Å². The number of carboxylic acids is 1. The highest BCUT2D eigenvalue weighted by Crippen LogP contribution is 2.29. The summed E-state index contributed by atoms with van der Waals surface area (Å²) >= 11 is 3.33. The van der Waals surface area contributed by atoms with E-state index in [1.54, 1.807) is 7.11 Å². The SMILES string of the molecule is COC1=C(Br)C=C(CC(=O)O)CC1. The fraction of sp³-hybridized carbons (Fsp3) is 0.444. The second-order valence-electron chi connectivity index (χ2n) is 2.85. The summed E-state index contributed by atoms with van der Waals surface area (Å²) in [6.45, 7) is 0. The zero-order valence-corrected chi connectivity index (χ0v) is 8.93. The Hall–Kier alpha value is -0.770. The lowest BCUT2D eigenvalue weighted by Crippen LogP contribution is -2.03. The van der Waals surface area contributed by atoms with E-state index in [2.05, 4.69) is 15.9 Å². The average Bonchev–Trinajstić information content (AvgIpc) is 2.03. The monoisotopic (exact) mass is 246 g/mol. The fourth-order valence-electron chi connectivity index (χ4n) is 1.26. The standard InChI is InChI=1S/C9H11BrO3/c1-13-8-3-2-6(4-7(8)10)5-9(11)12/h4H,2-3,5H2,1H3,(H,11,12). The van der Waals surface area contributed by atoms with Crippen LogP contribution in [0.4, 0.5) is 0 Å².